The number of pyridine rings is 1. The molecule has 0 saturated carbocycles. The summed E-state index contributed by atoms with van der Waals surface area (Å²) in [6.07, 6.45) is 1.48. The molecule has 0 spiro atoms. The first-order valence-electron chi connectivity index (χ1n) is 8.55. The minimum atomic E-state index is -0.517. The summed E-state index contributed by atoms with van der Waals surface area (Å²) < 4.78 is 6.37. The van der Waals surface area contributed by atoms with Crippen molar-refractivity contribution in [3.05, 3.63) is 63.2 Å². The molecule has 8 heteroatoms. The van der Waals surface area contributed by atoms with Crippen molar-refractivity contribution < 1.29 is 14.3 Å². The SMILES string of the molecule is COC(=O)c1cc2n(n1)CCN(C(=O)c1c[nH]c3c(C)cccc3c1=O)C2. The molecule has 3 heterocycles. The van der Waals surface area contributed by atoms with E-state index in [0.717, 1.165) is 16.8 Å². The van der Waals surface area contributed by atoms with E-state index < -0.39 is 5.97 Å². The molecule has 3 aromatic rings. The Morgan fingerprint density at radius 1 is 1.26 bits per heavy atom. The minimum Gasteiger partial charge on any atom is -0.464 e. The summed E-state index contributed by atoms with van der Waals surface area (Å²) in [7, 11) is 1.30. The fraction of sp³-hybridized carbons (Fsp3) is 0.263. The van der Waals surface area contributed by atoms with Gasteiger partial charge in [0.15, 0.2) is 5.69 Å². The predicted molar refractivity (Wildman–Crippen MR) is 97.6 cm³/mol. The zero-order chi connectivity index (χ0) is 19.1. The van der Waals surface area contributed by atoms with Crippen molar-refractivity contribution in [2.75, 3.05) is 13.7 Å². The summed E-state index contributed by atoms with van der Waals surface area (Å²) in [5.41, 5.74) is 2.43. The van der Waals surface area contributed by atoms with E-state index in [-0.39, 0.29) is 29.1 Å². The van der Waals surface area contributed by atoms with Gasteiger partial charge in [0, 0.05) is 18.1 Å². The molecule has 1 amide bonds. The molecule has 0 fully saturated rings. The molecular formula is C19H18N4O4. The van der Waals surface area contributed by atoms with Crippen LogP contribution < -0.4 is 5.43 Å². The van der Waals surface area contributed by atoms with Crippen molar-refractivity contribution in [1.82, 2.24) is 19.7 Å². The molecule has 138 valence electrons. The van der Waals surface area contributed by atoms with E-state index >= 15 is 0 Å². The zero-order valence-corrected chi connectivity index (χ0v) is 15.0. The molecule has 1 N–H and O–H groups in total. The third-order valence-electron chi connectivity index (χ3n) is 4.83. The summed E-state index contributed by atoms with van der Waals surface area (Å²) in [5, 5.41) is 4.69. The Morgan fingerprint density at radius 3 is 2.85 bits per heavy atom. The monoisotopic (exact) mass is 366 g/mol. The molecule has 2 aromatic heterocycles. The first-order valence-corrected chi connectivity index (χ1v) is 8.55. The molecule has 0 unspecified atom stereocenters. The standard InChI is InChI=1S/C19H18N4O4/c1-11-4-3-5-13-16(11)20-9-14(17(13)24)18(25)22-6-7-23-12(10-22)8-15(21-23)19(26)27-2/h3-5,8-9H,6-7,10H2,1-2H3,(H,20,24). The Morgan fingerprint density at radius 2 is 2.07 bits per heavy atom. The number of benzene rings is 1. The molecule has 0 aliphatic carbocycles. The van der Waals surface area contributed by atoms with Gasteiger partial charge in [-0.15, -0.1) is 0 Å². The molecule has 0 bridgehead atoms. The van der Waals surface area contributed by atoms with Crippen LogP contribution in [0.25, 0.3) is 10.9 Å². The highest BCUT2D eigenvalue weighted by atomic mass is 16.5. The third kappa shape index (κ3) is 2.79. The van der Waals surface area contributed by atoms with Crippen molar-refractivity contribution in [2.24, 2.45) is 0 Å². The molecule has 1 aromatic carbocycles. The van der Waals surface area contributed by atoms with Crippen molar-refractivity contribution in [1.29, 1.82) is 0 Å². The third-order valence-corrected chi connectivity index (χ3v) is 4.83. The van der Waals surface area contributed by atoms with E-state index in [2.05, 4.69) is 14.8 Å². The predicted octanol–water partition coefficient (Wildman–Crippen LogP) is 1.48. The average molecular weight is 366 g/mol. The van der Waals surface area contributed by atoms with Crippen molar-refractivity contribution in [2.45, 2.75) is 20.0 Å². The lowest BCUT2D eigenvalue weighted by Crippen LogP contribution is -2.40. The van der Waals surface area contributed by atoms with Gasteiger partial charge in [0.05, 0.1) is 31.4 Å². The first kappa shape index (κ1) is 17.0. The summed E-state index contributed by atoms with van der Waals surface area (Å²) in [6, 6.07) is 7.03. The second-order valence-corrected chi connectivity index (χ2v) is 6.49. The number of carbonyl (C=O) groups excluding carboxylic acids is 2. The summed E-state index contributed by atoms with van der Waals surface area (Å²) >= 11 is 0. The van der Waals surface area contributed by atoms with E-state index in [1.165, 1.54) is 13.3 Å². The van der Waals surface area contributed by atoms with E-state index in [1.54, 1.807) is 27.8 Å². The Labute approximate surface area is 154 Å². The van der Waals surface area contributed by atoms with E-state index in [0.29, 0.717) is 18.5 Å². The maximum Gasteiger partial charge on any atom is 0.358 e. The number of rotatable bonds is 2. The quantitative estimate of drug-likeness (QED) is 0.693. The highest BCUT2D eigenvalue weighted by Gasteiger charge is 2.26. The van der Waals surface area contributed by atoms with Crippen LogP contribution in [0.4, 0.5) is 0 Å². The number of aryl methyl sites for hydroxylation is 1. The number of carbonyl (C=O) groups is 2. The second-order valence-electron chi connectivity index (χ2n) is 6.49. The van der Waals surface area contributed by atoms with Gasteiger partial charge >= 0.3 is 5.97 Å². The highest BCUT2D eigenvalue weighted by Crippen LogP contribution is 2.18. The molecule has 1 aliphatic rings. The molecule has 27 heavy (non-hydrogen) atoms. The number of para-hydroxylation sites is 1. The summed E-state index contributed by atoms with van der Waals surface area (Å²) in [6.45, 7) is 3.03. The van der Waals surface area contributed by atoms with Crippen LogP contribution in [-0.2, 0) is 17.8 Å². The van der Waals surface area contributed by atoms with Crippen molar-refractivity contribution in [3.63, 3.8) is 0 Å². The Kier molecular flexibility index (Phi) is 4.02. The van der Waals surface area contributed by atoms with Crippen LogP contribution >= 0.6 is 0 Å². The number of aromatic nitrogens is 3. The van der Waals surface area contributed by atoms with Crippen LogP contribution in [0.1, 0.15) is 32.1 Å². The minimum absolute atomic E-state index is 0.106. The van der Waals surface area contributed by atoms with Crippen molar-refractivity contribution >= 4 is 22.8 Å². The van der Waals surface area contributed by atoms with Crippen LogP contribution in [0.2, 0.25) is 0 Å². The lowest BCUT2D eigenvalue weighted by Gasteiger charge is -2.27. The van der Waals surface area contributed by atoms with Gasteiger partial charge in [0.1, 0.15) is 5.56 Å². The fourth-order valence-electron chi connectivity index (χ4n) is 3.38. The Balaban J connectivity index is 1.65. The smallest absolute Gasteiger partial charge is 0.358 e. The number of amides is 1. The van der Waals surface area contributed by atoms with Gasteiger partial charge in [-0.3, -0.25) is 14.3 Å². The highest BCUT2D eigenvalue weighted by molar-refractivity contribution is 5.97. The Hall–Kier alpha value is -3.42. The average Bonchev–Trinajstić information content (AvgIpc) is 3.11. The number of nitrogens with zero attached hydrogens (tertiary/aromatic N) is 3. The maximum absolute atomic E-state index is 12.9. The van der Waals surface area contributed by atoms with Gasteiger partial charge in [-0.25, -0.2) is 4.79 Å². The van der Waals surface area contributed by atoms with E-state index in [4.69, 9.17) is 0 Å². The number of fused-ring (bicyclic) bond motifs is 2. The number of hydrogen-bond donors (Lipinski definition) is 1. The number of H-pyrrole nitrogens is 1. The van der Waals surface area contributed by atoms with Gasteiger partial charge in [0.2, 0.25) is 5.43 Å². The molecule has 1 aliphatic heterocycles. The number of ether oxygens (including phenoxy) is 1. The van der Waals surface area contributed by atoms with Gasteiger partial charge in [-0.05, 0) is 24.6 Å². The second kappa shape index (κ2) is 6.39. The van der Waals surface area contributed by atoms with Crippen LogP contribution in [0.3, 0.4) is 0 Å². The van der Waals surface area contributed by atoms with E-state index in [1.807, 2.05) is 13.0 Å². The zero-order valence-electron chi connectivity index (χ0n) is 15.0. The number of nitrogens with one attached hydrogen (secondary N) is 1. The van der Waals surface area contributed by atoms with Gasteiger partial charge in [-0.1, -0.05) is 12.1 Å². The lowest BCUT2D eigenvalue weighted by atomic mass is 10.1. The topological polar surface area (TPSA) is 97.3 Å². The first-order chi connectivity index (χ1) is 13.0. The van der Waals surface area contributed by atoms with Crippen molar-refractivity contribution in [3.8, 4) is 0 Å². The summed E-state index contributed by atoms with van der Waals surface area (Å²) in [4.78, 5) is 42.0. The largest absolute Gasteiger partial charge is 0.464 e. The van der Waals surface area contributed by atoms with Crippen LogP contribution in [-0.4, -0.2) is 45.2 Å². The lowest BCUT2D eigenvalue weighted by molar-refractivity contribution is 0.0591. The fourth-order valence-corrected chi connectivity index (χ4v) is 3.38. The molecule has 0 radical (unpaired) electrons. The number of hydrogen-bond acceptors (Lipinski definition) is 5. The molecule has 8 nitrogen and oxygen atoms in total. The van der Waals surface area contributed by atoms with Gasteiger partial charge < -0.3 is 14.6 Å². The molecule has 0 atom stereocenters. The maximum atomic E-state index is 12.9. The number of esters is 1. The van der Waals surface area contributed by atoms with E-state index in [9.17, 15) is 14.4 Å². The molecular weight excluding hydrogens is 348 g/mol. The molecule has 4 rings (SSSR count). The molecule has 0 saturated heterocycles. The van der Waals surface area contributed by atoms with Gasteiger partial charge in [-0.2, -0.15) is 5.10 Å². The van der Waals surface area contributed by atoms with Crippen LogP contribution in [0.15, 0.2) is 35.3 Å². The number of methoxy groups -OCH3 is 1. The number of aromatic amines is 1. The normalized spacial score (nSPS) is 13.5. The Bertz CT molecular complexity index is 1130. The van der Waals surface area contributed by atoms with Crippen LogP contribution in [0, 0.1) is 6.92 Å². The van der Waals surface area contributed by atoms with Gasteiger partial charge in [0.25, 0.3) is 5.91 Å². The summed E-state index contributed by atoms with van der Waals surface area (Å²) in [5.74, 6) is -0.858. The van der Waals surface area contributed by atoms with Crippen LogP contribution in [0.5, 0.6) is 0 Å².